The second-order valence-electron chi connectivity index (χ2n) is 4.22. The third-order valence-electron chi connectivity index (χ3n) is 2.77. The van der Waals surface area contributed by atoms with Crippen molar-refractivity contribution in [3.8, 4) is 0 Å². The highest BCUT2D eigenvalue weighted by atomic mass is 19.4. The van der Waals surface area contributed by atoms with Gasteiger partial charge in [0.2, 0.25) is 5.91 Å². The molecule has 1 saturated heterocycles. The number of hydrogen-bond acceptors (Lipinski definition) is 5. The molecule has 110 valence electrons. The summed E-state index contributed by atoms with van der Waals surface area (Å²) in [6, 6.07) is -1.05. The molecule has 1 fully saturated rings. The normalized spacial score (nSPS) is 31.8. The molecule has 0 unspecified atom stereocenters. The van der Waals surface area contributed by atoms with Gasteiger partial charge in [0.05, 0.1) is 31.3 Å². The summed E-state index contributed by atoms with van der Waals surface area (Å²) in [4.78, 5) is 22.0. The lowest BCUT2D eigenvalue weighted by atomic mass is 9.89. The first-order valence-corrected chi connectivity index (χ1v) is 5.50. The summed E-state index contributed by atoms with van der Waals surface area (Å²) < 4.78 is 40.9. The molecule has 0 radical (unpaired) electrons. The fourth-order valence-electron chi connectivity index (χ4n) is 1.84. The van der Waals surface area contributed by atoms with Crippen molar-refractivity contribution in [3.63, 3.8) is 0 Å². The second kappa shape index (κ2) is 6.31. The molecule has 1 rings (SSSR count). The molecule has 0 aromatic rings. The molecule has 0 aliphatic carbocycles. The Morgan fingerprint density at radius 1 is 1.47 bits per heavy atom. The Labute approximate surface area is 106 Å². The molecular weight excluding hydrogens is 271 g/mol. The third-order valence-corrected chi connectivity index (χ3v) is 2.77. The summed E-state index contributed by atoms with van der Waals surface area (Å²) in [7, 11) is 0. The van der Waals surface area contributed by atoms with E-state index in [1.165, 1.54) is 0 Å². The van der Waals surface area contributed by atoms with Crippen LogP contribution < -0.4 is 5.32 Å². The average Bonchev–Trinajstić information content (AvgIpc) is 2.27. The van der Waals surface area contributed by atoms with Crippen LogP contribution in [0.4, 0.5) is 13.2 Å². The van der Waals surface area contributed by atoms with E-state index in [1.807, 2.05) is 5.32 Å². The highest BCUT2D eigenvalue weighted by Crippen LogP contribution is 2.22. The Kier molecular flexibility index (Phi) is 5.27. The highest BCUT2D eigenvalue weighted by Gasteiger charge is 2.41. The standard InChI is InChI=1S/C10H14F3NO5/c11-10(12,13)1-8(17)14-6-4-19-7(3-16)9(18)5(6)2-15/h2,5-7,9,16,18H,1,3-4H2,(H,14,17)/t5-,6+,7-,9-/m1/s1. The van der Waals surface area contributed by atoms with Gasteiger partial charge in [-0.3, -0.25) is 4.79 Å². The summed E-state index contributed by atoms with van der Waals surface area (Å²) in [6.07, 6.45) is -8.37. The predicted molar refractivity (Wildman–Crippen MR) is 55.0 cm³/mol. The second-order valence-corrected chi connectivity index (χ2v) is 4.22. The first-order chi connectivity index (χ1) is 8.78. The summed E-state index contributed by atoms with van der Waals surface area (Å²) in [5.74, 6) is -2.43. The molecule has 9 heteroatoms. The van der Waals surface area contributed by atoms with Gasteiger partial charge in [0.15, 0.2) is 0 Å². The zero-order valence-corrected chi connectivity index (χ0v) is 9.76. The van der Waals surface area contributed by atoms with E-state index in [0.717, 1.165) is 0 Å². The molecule has 6 nitrogen and oxygen atoms in total. The minimum atomic E-state index is -4.65. The molecule has 3 N–H and O–H groups in total. The Morgan fingerprint density at radius 3 is 2.58 bits per heavy atom. The fraction of sp³-hybridized carbons (Fsp3) is 0.800. The van der Waals surface area contributed by atoms with Crippen LogP contribution in [0.15, 0.2) is 0 Å². The Hall–Kier alpha value is -1.19. The van der Waals surface area contributed by atoms with Crippen molar-refractivity contribution >= 4 is 12.2 Å². The van der Waals surface area contributed by atoms with E-state index >= 15 is 0 Å². The van der Waals surface area contributed by atoms with Crippen LogP contribution in [-0.2, 0) is 14.3 Å². The molecule has 0 spiro atoms. The van der Waals surface area contributed by atoms with Gasteiger partial charge < -0.3 is 25.1 Å². The zero-order chi connectivity index (χ0) is 14.6. The van der Waals surface area contributed by atoms with Crippen molar-refractivity contribution in [2.24, 2.45) is 5.92 Å². The van der Waals surface area contributed by atoms with E-state index in [2.05, 4.69) is 0 Å². The molecule has 0 aromatic carbocycles. The minimum Gasteiger partial charge on any atom is -0.394 e. The molecule has 1 aliphatic heterocycles. The number of carbonyl (C=O) groups is 2. The monoisotopic (exact) mass is 285 g/mol. The van der Waals surface area contributed by atoms with Crippen LogP contribution >= 0.6 is 0 Å². The fourth-order valence-corrected chi connectivity index (χ4v) is 1.84. The topological polar surface area (TPSA) is 95.9 Å². The van der Waals surface area contributed by atoms with E-state index in [9.17, 15) is 27.9 Å². The SMILES string of the molecule is O=C[C@H]1[C@@H](O)[C@@H](CO)OC[C@@H]1NC(=O)CC(F)(F)F. The number of ether oxygens (including phenoxy) is 1. The van der Waals surface area contributed by atoms with Crippen molar-refractivity contribution in [3.05, 3.63) is 0 Å². The van der Waals surface area contributed by atoms with Crippen molar-refractivity contribution in [2.45, 2.75) is 30.8 Å². The van der Waals surface area contributed by atoms with E-state index < -0.39 is 49.3 Å². The molecule has 0 aromatic heterocycles. The minimum absolute atomic E-state index is 0.255. The molecular formula is C10H14F3NO5. The van der Waals surface area contributed by atoms with Crippen LogP contribution in [0.1, 0.15) is 6.42 Å². The first kappa shape index (κ1) is 15.9. The van der Waals surface area contributed by atoms with Crippen molar-refractivity contribution in [1.29, 1.82) is 0 Å². The number of aldehydes is 1. The van der Waals surface area contributed by atoms with Crippen molar-refractivity contribution in [1.82, 2.24) is 5.32 Å². The summed E-state index contributed by atoms with van der Waals surface area (Å²) in [5, 5.41) is 20.5. The van der Waals surface area contributed by atoms with E-state index in [-0.39, 0.29) is 6.61 Å². The number of hydrogen-bond donors (Lipinski definition) is 3. The Morgan fingerprint density at radius 2 is 2.11 bits per heavy atom. The van der Waals surface area contributed by atoms with Gasteiger partial charge >= 0.3 is 6.18 Å². The summed E-state index contributed by atoms with van der Waals surface area (Å²) in [5.41, 5.74) is 0. The number of aliphatic hydroxyl groups excluding tert-OH is 2. The third kappa shape index (κ3) is 4.44. The van der Waals surface area contributed by atoms with Gasteiger partial charge in [-0.25, -0.2) is 0 Å². The number of aliphatic hydroxyl groups is 2. The van der Waals surface area contributed by atoms with Gasteiger partial charge in [-0.1, -0.05) is 0 Å². The lowest BCUT2D eigenvalue weighted by molar-refractivity contribution is -0.161. The van der Waals surface area contributed by atoms with E-state index in [1.54, 1.807) is 0 Å². The van der Waals surface area contributed by atoms with Crippen molar-refractivity contribution in [2.75, 3.05) is 13.2 Å². The summed E-state index contributed by atoms with van der Waals surface area (Å²) >= 11 is 0. The Balaban J connectivity index is 2.63. The van der Waals surface area contributed by atoms with Gasteiger partial charge in [0.1, 0.15) is 18.8 Å². The van der Waals surface area contributed by atoms with Gasteiger partial charge in [-0.15, -0.1) is 0 Å². The average molecular weight is 285 g/mol. The van der Waals surface area contributed by atoms with Crippen LogP contribution in [-0.4, -0.2) is 60.0 Å². The molecule has 0 bridgehead atoms. The molecule has 1 amide bonds. The maximum atomic E-state index is 12.0. The zero-order valence-electron chi connectivity index (χ0n) is 9.76. The number of alkyl halides is 3. The smallest absolute Gasteiger partial charge is 0.394 e. The number of halogens is 3. The van der Waals surface area contributed by atoms with Gasteiger partial charge in [-0.05, 0) is 0 Å². The number of rotatable bonds is 4. The molecule has 1 heterocycles. The Bertz CT molecular complexity index is 336. The van der Waals surface area contributed by atoms with Crippen LogP contribution in [0.2, 0.25) is 0 Å². The maximum absolute atomic E-state index is 12.0. The summed E-state index contributed by atoms with van der Waals surface area (Å²) in [6.45, 7) is -0.788. The van der Waals surface area contributed by atoms with Gasteiger partial charge in [0.25, 0.3) is 0 Å². The van der Waals surface area contributed by atoms with Crippen LogP contribution in [0, 0.1) is 5.92 Å². The number of carbonyl (C=O) groups excluding carboxylic acids is 2. The van der Waals surface area contributed by atoms with Crippen LogP contribution in [0.3, 0.4) is 0 Å². The van der Waals surface area contributed by atoms with Crippen molar-refractivity contribution < 1.29 is 37.7 Å². The van der Waals surface area contributed by atoms with E-state index in [0.29, 0.717) is 6.29 Å². The highest BCUT2D eigenvalue weighted by molar-refractivity contribution is 5.77. The largest absolute Gasteiger partial charge is 0.397 e. The molecule has 0 saturated carbocycles. The number of nitrogens with one attached hydrogen (secondary N) is 1. The van der Waals surface area contributed by atoms with Gasteiger partial charge in [0, 0.05) is 0 Å². The molecule has 19 heavy (non-hydrogen) atoms. The molecule has 1 aliphatic rings. The predicted octanol–water partition coefficient (Wildman–Crippen LogP) is -1.01. The van der Waals surface area contributed by atoms with Crippen LogP contribution in [0.5, 0.6) is 0 Å². The quantitative estimate of drug-likeness (QED) is 0.575. The molecule has 4 atom stereocenters. The lowest BCUT2D eigenvalue weighted by Gasteiger charge is -2.37. The van der Waals surface area contributed by atoms with Crippen LogP contribution in [0.25, 0.3) is 0 Å². The maximum Gasteiger partial charge on any atom is 0.397 e. The first-order valence-electron chi connectivity index (χ1n) is 5.50. The lowest BCUT2D eigenvalue weighted by Crippen LogP contribution is -2.57. The van der Waals surface area contributed by atoms with E-state index in [4.69, 9.17) is 9.84 Å². The number of amides is 1. The van der Waals surface area contributed by atoms with Gasteiger partial charge in [-0.2, -0.15) is 13.2 Å².